The zero-order chi connectivity index (χ0) is 25.2. The fourth-order valence-electron chi connectivity index (χ4n) is 4.09. The highest BCUT2D eigenvalue weighted by molar-refractivity contribution is 7.98. The number of thioether (sulfide) groups is 1. The Bertz CT molecular complexity index is 971. The van der Waals surface area contributed by atoms with E-state index < -0.39 is 12.0 Å². The summed E-state index contributed by atoms with van der Waals surface area (Å²) in [5, 5.41) is 10.2. The highest BCUT2D eigenvalue weighted by atomic mass is 32.2. The molecule has 190 valence electrons. The van der Waals surface area contributed by atoms with Gasteiger partial charge in [-0.3, -0.25) is 4.79 Å². The molecule has 3 rings (SSSR count). The second kappa shape index (κ2) is 13.8. The molecule has 0 aliphatic carbocycles. The molecule has 1 aliphatic heterocycles. The van der Waals surface area contributed by atoms with Gasteiger partial charge in [0.05, 0.1) is 6.10 Å². The summed E-state index contributed by atoms with van der Waals surface area (Å²) in [6.45, 7) is 5.32. The number of ether oxygens (including phenoxy) is 1. The largest absolute Gasteiger partial charge is 0.461 e. The van der Waals surface area contributed by atoms with E-state index >= 15 is 0 Å². The number of hydrogen-bond acceptors (Lipinski definition) is 7. The van der Waals surface area contributed by atoms with E-state index in [9.17, 15) is 9.59 Å². The fraction of sp³-hybridized carbons (Fsp3) is 0.481. The van der Waals surface area contributed by atoms with Crippen LogP contribution in [0.15, 0.2) is 48.5 Å². The molecule has 0 bridgehead atoms. The average molecular weight is 516 g/mol. The van der Waals surface area contributed by atoms with Crippen molar-refractivity contribution in [2.75, 3.05) is 30.4 Å². The van der Waals surface area contributed by atoms with Gasteiger partial charge in [-0.25, -0.2) is 4.79 Å². The molecule has 2 aromatic rings. The van der Waals surface area contributed by atoms with Gasteiger partial charge in [-0.1, -0.05) is 36.4 Å². The van der Waals surface area contributed by atoms with Crippen molar-refractivity contribution in [3.8, 4) is 0 Å². The number of benzene rings is 2. The molecule has 0 saturated carbocycles. The average Bonchev–Trinajstić information content (AvgIpc) is 3.25. The van der Waals surface area contributed by atoms with Crippen molar-refractivity contribution in [2.24, 2.45) is 0 Å². The summed E-state index contributed by atoms with van der Waals surface area (Å²) in [6, 6.07) is 15.5. The van der Waals surface area contributed by atoms with Crippen molar-refractivity contribution in [3.63, 3.8) is 0 Å². The van der Waals surface area contributed by atoms with Gasteiger partial charge >= 0.3 is 5.97 Å². The molecule has 3 atom stereocenters. The van der Waals surface area contributed by atoms with E-state index in [1.54, 1.807) is 11.8 Å². The van der Waals surface area contributed by atoms with Crippen LogP contribution in [0.2, 0.25) is 0 Å². The quantitative estimate of drug-likeness (QED) is 0.251. The second-order valence-corrected chi connectivity index (χ2v) is 10.8. The Labute approximate surface area is 218 Å². The van der Waals surface area contributed by atoms with E-state index in [1.807, 2.05) is 68.6 Å². The second-order valence-electron chi connectivity index (χ2n) is 9.13. The van der Waals surface area contributed by atoms with Crippen LogP contribution >= 0.6 is 24.4 Å². The summed E-state index contributed by atoms with van der Waals surface area (Å²) in [5.74, 6) is 0.0847. The number of carbonyl (C=O) groups excluding carboxylic acids is 2. The van der Waals surface area contributed by atoms with Crippen LogP contribution in [0.1, 0.15) is 48.2 Å². The number of rotatable bonds is 12. The Morgan fingerprint density at radius 3 is 2.63 bits per heavy atom. The van der Waals surface area contributed by atoms with Crippen molar-refractivity contribution >= 4 is 42.0 Å². The number of amides is 1. The predicted molar refractivity (Wildman–Crippen MR) is 149 cm³/mol. The van der Waals surface area contributed by atoms with Gasteiger partial charge in [0.2, 0.25) is 0 Å². The molecule has 0 aromatic heterocycles. The maximum absolute atomic E-state index is 13.5. The maximum atomic E-state index is 13.5. The lowest BCUT2D eigenvalue weighted by Gasteiger charge is -2.21. The van der Waals surface area contributed by atoms with Crippen LogP contribution in [0.5, 0.6) is 0 Å². The van der Waals surface area contributed by atoms with Gasteiger partial charge in [-0.2, -0.15) is 24.4 Å². The van der Waals surface area contributed by atoms with E-state index in [0.717, 1.165) is 42.1 Å². The molecule has 6 nitrogen and oxygen atoms in total. The molecule has 2 aromatic carbocycles. The minimum absolute atomic E-state index is 0.239. The van der Waals surface area contributed by atoms with E-state index in [0.29, 0.717) is 23.7 Å². The van der Waals surface area contributed by atoms with Crippen molar-refractivity contribution in [1.82, 2.24) is 10.6 Å². The van der Waals surface area contributed by atoms with Crippen LogP contribution in [0.4, 0.5) is 5.69 Å². The smallest absolute Gasteiger partial charge is 0.328 e. The molecule has 3 N–H and O–H groups in total. The molecule has 35 heavy (non-hydrogen) atoms. The standard InChI is InChI=1S/C27H37N3O3S2/c1-18(2)33-27(32)23(12-14-35-3)30-26(31)22-16-21(29-17-24-25(34)11-13-28-24)10-9-20(22)15-19-7-5-4-6-8-19/h4-10,16,18,23-25,28-29,34H,11-15,17H2,1-3H3,(H,30,31)/t23-,24+,25+/m0/s1. The summed E-state index contributed by atoms with van der Waals surface area (Å²) in [7, 11) is 0. The molecule has 0 radical (unpaired) electrons. The van der Waals surface area contributed by atoms with Gasteiger partial charge in [0.1, 0.15) is 6.04 Å². The van der Waals surface area contributed by atoms with E-state index in [2.05, 4.69) is 28.6 Å². The van der Waals surface area contributed by atoms with Gasteiger partial charge in [-0.15, -0.1) is 0 Å². The molecule has 1 saturated heterocycles. The van der Waals surface area contributed by atoms with Crippen LogP contribution < -0.4 is 16.0 Å². The lowest BCUT2D eigenvalue weighted by molar-refractivity contribution is -0.149. The molecule has 0 unspecified atom stereocenters. The lowest BCUT2D eigenvalue weighted by atomic mass is 9.98. The van der Waals surface area contributed by atoms with Crippen LogP contribution in [-0.2, 0) is 16.0 Å². The molecule has 8 heteroatoms. The van der Waals surface area contributed by atoms with Crippen molar-refractivity contribution in [3.05, 3.63) is 65.2 Å². The highest BCUT2D eigenvalue weighted by Crippen LogP contribution is 2.21. The highest BCUT2D eigenvalue weighted by Gasteiger charge is 2.26. The number of carbonyl (C=O) groups is 2. The van der Waals surface area contributed by atoms with Gasteiger partial charge in [0.15, 0.2) is 0 Å². The van der Waals surface area contributed by atoms with Gasteiger partial charge in [0, 0.05) is 29.1 Å². The number of thiol groups is 1. The summed E-state index contributed by atoms with van der Waals surface area (Å²) in [4.78, 5) is 26.2. The Kier molecular flexibility index (Phi) is 10.8. The molecule has 1 fully saturated rings. The van der Waals surface area contributed by atoms with Crippen molar-refractivity contribution < 1.29 is 14.3 Å². The monoisotopic (exact) mass is 515 g/mol. The first-order valence-electron chi connectivity index (χ1n) is 12.2. The lowest BCUT2D eigenvalue weighted by Crippen LogP contribution is -2.43. The zero-order valence-corrected chi connectivity index (χ0v) is 22.5. The first-order valence-corrected chi connectivity index (χ1v) is 14.1. The van der Waals surface area contributed by atoms with Gasteiger partial charge in [0.25, 0.3) is 5.91 Å². The third kappa shape index (κ3) is 8.47. The van der Waals surface area contributed by atoms with Crippen LogP contribution in [0, 0.1) is 0 Å². The first kappa shape index (κ1) is 27.4. The van der Waals surface area contributed by atoms with Gasteiger partial charge < -0.3 is 20.7 Å². The third-order valence-corrected chi connectivity index (χ3v) is 7.24. The van der Waals surface area contributed by atoms with E-state index in [1.165, 1.54) is 0 Å². The number of hydrogen-bond donors (Lipinski definition) is 4. The maximum Gasteiger partial charge on any atom is 0.328 e. The van der Waals surface area contributed by atoms with E-state index in [-0.39, 0.29) is 18.1 Å². The number of esters is 1. The summed E-state index contributed by atoms with van der Waals surface area (Å²) in [6.07, 6.45) is 3.93. The molecule has 1 aliphatic rings. The zero-order valence-electron chi connectivity index (χ0n) is 20.8. The topological polar surface area (TPSA) is 79.5 Å². The minimum atomic E-state index is -0.689. The summed E-state index contributed by atoms with van der Waals surface area (Å²) < 4.78 is 5.41. The molecule has 0 spiro atoms. The van der Waals surface area contributed by atoms with E-state index in [4.69, 9.17) is 4.74 Å². The summed E-state index contributed by atoms with van der Waals surface area (Å²) in [5.41, 5.74) is 3.46. The van der Waals surface area contributed by atoms with Crippen molar-refractivity contribution in [1.29, 1.82) is 0 Å². The minimum Gasteiger partial charge on any atom is -0.461 e. The number of anilines is 1. The molecular formula is C27H37N3O3S2. The van der Waals surface area contributed by atoms with Crippen LogP contribution in [0.3, 0.4) is 0 Å². The Morgan fingerprint density at radius 2 is 1.97 bits per heavy atom. The fourth-order valence-corrected chi connectivity index (χ4v) is 4.90. The predicted octanol–water partition coefficient (Wildman–Crippen LogP) is 4.15. The Morgan fingerprint density at radius 1 is 1.20 bits per heavy atom. The first-order chi connectivity index (χ1) is 16.9. The van der Waals surface area contributed by atoms with Crippen LogP contribution in [-0.4, -0.2) is 60.4 Å². The number of nitrogens with one attached hydrogen (secondary N) is 3. The third-order valence-electron chi connectivity index (χ3n) is 5.98. The molecule has 1 amide bonds. The van der Waals surface area contributed by atoms with Gasteiger partial charge in [-0.05, 0) is 74.9 Å². The van der Waals surface area contributed by atoms with Crippen LogP contribution in [0.25, 0.3) is 0 Å². The Balaban J connectivity index is 1.82. The Hall–Kier alpha value is -2.16. The molecule has 1 heterocycles. The SMILES string of the molecule is CSCC[C@H](NC(=O)c1cc(NC[C@H]2NCC[C@H]2S)ccc1Cc1ccccc1)C(=O)OC(C)C. The van der Waals surface area contributed by atoms with Crippen molar-refractivity contribution in [2.45, 2.75) is 56.5 Å². The molecular weight excluding hydrogens is 478 g/mol. The summed E-state index contributed by atoms with van der Waals surface area (Å²) >= 11 is 6.29. The normalized spacial score (nSPS) is 18.3.